The third kappa shape index (κ3) is 2.17. The van der Waals surface area contributed by atoms with Gasteiger partial charge >= 0.3 is 0 Å². The van der Waals surface area contributed by atoms with Crippen LogP contribution in [0.4, 0.5) is 0 Å². The van der Waals surface area contributed by atoms with Gasteiger partial charge in [-0.05, 0) is 45.3 Å². The molecule has 0 N–H and O–H groups in total. The number of hydrogen-bond acceptors (Lipinski definition) is 0. The van der Waals surface area contributed by atoms with Crippen LogP contribution in [0.3, 0.4) is 0 Å². The fraction of sp³-hybridized carbons (Fsp3) is 0.0526. The number of benzene rings is 3. The van der Waals surface area contributed by atoms with Gasteiger partial charge in [-0.25, -0.2) is 0 Å². The van der Waals surface area contributed by atoms with Crippen LogP contribution in [0.1, 0.15) is 12.5 Å². The molecule has 0 radical (unpaired) electrons. The molecular weight excluding hydrogens is 228 g/mol. The predicted octanol–water partition coefficient (Wildman–Crippen LogP) is 3.47. The second kappa shape index (κ2) is 4.74. The van der Waals surface area contributed by atoms with Crippen LogP contribution in [0.25, 0.3) is 22.9 Å². The van der Waals surface area contributed by atoms with Gasteiger partial charge in [0.15, 0.2) is 0 Å². The SMILES string of the molecule is C=c1cccc/c1=C(/C)c1ccc2ccccc2c1. The van der Waals surface area contributed by atoms with Crippen molar-refractivity contribution in [3.8, 4) is 0 Å². The number of hydrogen-bond donors (Lipinski definition) is 0. The Kier molecular flexibility index (Phi) is 2.92. The Morgan fingerprint density at radius 1 is 0.789 bits per heavy atom. The maximum absolute atomic E-state index is 4.11. The zero-order valence-electron chi connectivity index (χ0n) is 11.1. The Balaban J connectivity index is 2.28. The van der Waals surface area contributed by atoms with Gasteiger partial charge in [-0.2, -0.15) is 0 Å². The lowest BCUT2D eigenvalue weighted by Gasteiger charge is -2.05. The van der Waals surface area contributed by atoms with Gasteiger partial charge in [0.25, 0.3) is 0 Å². The molecular formula is C19H16. The molecule has 0 aromatic heterocycles. The Morgan fingerprint density at radius 3 is 2.26 bits per heavy atom. The highest BCUT2D eigenvalue weighted by Crippen LogP contribution is 2.19. The van der Waals surface area contributed by atoms with Gasteiger partial charge < -0.3 is 0 Å². The average Bonchev–Trinajstić information content (AvgIpc) is 2.46. The van der Waals surface area contributed by atoms with Crippen LogP contribution in [-0.2, 0) is 0 Å². The van der Waals surface area contributed by atoms with E-state index in [1.807, 2.05) is 6.07 Å². The first kappa shape index (κ1) is 11.7. The molecule has 0 aliphatic rings. The van der Waals surface area contributed by atoms with Crippen molar-refractivity contribution in [3.05, 3.63) is 82.7 Å². The molecule has 0 unspecified atom stereocenters. The van der Waals surface area contributed by atoms with Crippen molar-refractivity contribution in [2.24, 2.45) is 0 Å². The van der Waals surface area contributed by atoms with Gasteiger partial charge in [0, 0.05) is 0 Å². The number of rotatable bonds is 1. The van der Waals surface area contributed by atoms with Crippen molar-refractivity contribution in [1.82, 2.24) is 0 Å². The molecule has 19 heavy (non-hydrogen) atoms. The summed E-state index contributed by atoms with van der Waals surface area (Å²) in [7, 11) is 0. The Hall–Kier alpha value is -2.34. The van der Waals surface area contributed by atoms with Crippen LogP contribution in [0.2, 0.25) is 0 Å². The summed E-state index contributed by atoms with van der Waals surface area (Å²) in [4.78, 5) is 0. The van der Waals surface area contributed by atoms with E-state index < -0.39 is 0 Å². The Bertz CT molecular complexity index is 841. The van der Waals surface area contributed by atoms with E-state index in [4.69, 9.17) is 0 Å². The lowest BCUT2D eigenvalue weighted by atomic mass is 10.00. The van der Waals surface area contributed by atoms with Crippen molar-refractivity contribution in [3.63, 3.8) is 0 Å². The molecule has 0 heterocycles. The highest BCUT2D eigenvalue weighted by atomic mass is 14.0. The summed E-state index contributed by atoms with van der Waals surface area (Å²) in [6.45, 7) is 6.27. The molecule has 0 aliphatic heterocycles. The maximum atomic E-state index is 4.11. The second-order valence-corrected chi connectivity index (χ2v) is 4.84. The van der Waals surface area contributed by atoms with E-state index in [2.05, 4.69) is 74.2 Å². The van der Waals surface area contributed by atoms with Gasteiger partial charge in [0.1, 0.15) is 0 Å². The molecule has 3 rings (SSSR count). The zero-order valence-corrected chi connectivity index (χ0v) is 11.1. The highest BCUT2D eigenvalue weighted by Gasteiger charge is 1.99. The van der Waals surface area contributed by atoms with Crippen LogP contribution in [0, 0.1) is 0 Å². The smallest absolute Gasteiger partial charge is 0.0155 e. The summed E-state index contributed by atoms with van der Waals surface area (Å²) in [5, 5.41) is 4.86. The summed E-state index contributed by atoms with van der Waals surface area (Å²) in [5.74, 6) is 0. The van der Waals surface area contributed by atoms with Crippen LogP contribution < -0.4 is 10.4 Å². The summed E-state index contributed by atoms with van der Waals surface area (Å²) in [5.41, 5.74) is 2.53. The van der Waals surface area contributed by atoms with E-state index in [1.54, 1.807) is 0 Å². The van der Waals surface area contributed by atoms with Crippen LogP contribution in [0.15, 0.2) is 66.7 Å². The van der Waals surface area contributed by atoms with Crippen molar-refractivity contribution >= 4 is 22.9 Å². The van der Waals surface area contributed by atoms with Crippen molar-refractivity contribution in [2.45, 2.75) is 6.92 Å². The standard InChI is InChI=1S/C19H16/c1-14-7-3-6-10-19(14)15(2)17-12-11-16-8-4-5-9-18(16)13-17/h3-13H,1H2,2H3/b19-15+. The van der Waals surface area contributed by atoms with E-state index in [0.717, 1.165) is 5.22 Å². The normalized spacial score (nSPS) is 12.5. The molecule has 0 atom stereocenters. The topological polar surface area (TPSA) is 0 Å². The molecule has 0 fully saturated rings. The first-order chi connectivity index (χ1) is 9.25. The zero-order chi connectivity index (χ0) is 13.2. The molecule has 0 spiro atoms. The molecule has 0 bridgehead atoms. The van der Waals surface area contributed by atoms with Crippen LogP contribution in [0.5, 0.6) is 0 Å². The lowest BCUT2D eigenvalue weighted by Crippen LogP contribution is -2.24. The highest BCUT2D eigenvalue weighted by molar-refractivity contribution is 5.86. The third-order valence-corrected chi connectivity index (χ3v) is 3.60. The van der Waals surface area contributed by atoms with E-state index >= 15 is 0 Å². The molecule has 0 saturated carbocycles. The van der Waals surface area contributed by atoms with Crippen molar-refractivity contribution in [2.75, 3.05) is 0 Å². The van der Waals surface area contributed by atoms with Crippen LogP contribution >= 0.6 is 0 Å². The van der Waals surface area contributed by atoms with Crippen molar-refractivity contribution < 1.29 is 0 Å². The van der Waals surface area contributed by atoms with Crippen LogP contribution in [-0.4, -0.2) is 0 Å². The summed E-state index contributed by atoms with van der Waals surface area (Å²) in [6, 6.07) is 23.3. The largest absolute Gasteiger partial charge is 0.0911 e. The van der Waals surface area contributed by atoms with E-state index in [1.165, 1.54) is 27.1 Å². The monoisotopic (exact) mass is 244 g/mol. The Labute approximate surface area is 113 Å². The van der Waals surface area contributed by atoms with Gasteiger partial charge in [-0.1, -0.05) is 67.2 Å². The fourth-order valence-electron chi connectivity index (χ4n) is 2.46. The van der Waals surface area contributed by atoms with E-state index in [-0.39, 0.29) is 0 Å². The number of fused-ring (bicyclic) bond motifs is 1. The third-order valence-electron chi connectivity index (χ3n) is 3.60. The van der Waals surface area contributed by atoms with Gasteiger partial charge in [-0.3, -0.25) is 0 Å². The van der Waals surface area contributed by atoms with Gasteiger partial charge in [0.2, 0.25) is 0 Å². The average molecular weight is 244 g/mol. The van der Waals surface area contributed by atoms with Gasteiger partial charge in [0.05, 0.1) is 0 Å². The first-order valence-corrected chi connectivity index (χ1v) is 6.50. The molecule has 0 nitrogen and oxygen atoms in total. The summed E-state index contributed by atoms with van der Waals surface area (Å²) >= 11 is 0. The van der Waals surface area contributed by atoms with E-state index in [9.17, 15) is 0 Å². The molecule has 3 aromatic rings. The maximum Gasteiger partial charge on any atom is -0.0155 e. The Morgan fingerprint density at radius 2 is 1.47 bits per heavy atom. The summed E-state index contributed by atoms with van der Waals surface area (Å²) < 4.78 is 0. The molecule has 0 amide bonds. The minimum Gasteiger partial charge on any atom is -0.0911 e. The minimum atomic E-state index is 1.08. The van der Waals surface area contributed by atoms with Gasteiger partial charge in [-0.15, -0.1) is 0 Å². The quantitative estimate of drug-likeness (QED) is 0.615. The molecule has 3 aromatic carbocycles. The second-order valence-electron chi connectivity index (χ2n) is 4.84. The summed E-state index contributed by atoms with van der Waals surface area (Å²) in [6.07, 6.45) is 0. The minimum absolute atomic E-state index is 1.08. The predicted molar refractivity (Wildman–Crippen MR) is 83.3 cm³/mol. The molecule has 92 valence electrons. The lowest BCUT2D eigenvalue weighted by molar-refractivity contribution is 1.45. The molecule has 0 aliphatic carbocycles. The molecule has 0 saturated heterocycles. The van der Waals surface area contributed by atoms with E-state index in [0.29, 0.717) is 0 Å². The molecule has 0 heteroatoms. The first-order valence-electron chi connectivity index (χ1n) is 6.50. The van der Waals surface area contributed by atoms with Crippen molar-refractivity contribution in [1.29, 1.82) is 0 Å². The fourth-order valence-corrected chi connectivity index (χ4v) is 2.46.